The van der Waals surface area contributed by atoms with Gasteiger partial charge in [-0.2, -0.15) is 4.98 Å². The first-order valence-electron chi connectivity index (χ1n) is 6.89. The van der Waals surface area contributed by atoms with Crippen molar-refractivity contribution in [2.75, 3.05) is 5.32 Å². The largest absolute Gasteiger partial charge is 0.361 e. The van der Waals surface area contributed by atoms with Crippen molar-refractivity contribution in [3.05, 3.63) is 33.7 Å². The topological polar surface area (TPSA) is 89.9 Å². The summed E-state index contributed by atoms with van der Waals surface area (Å²) in [7, 11) is 0. The van der Waals surface area contributed by atoms with Crippen molar-refractivity contribution < 1.29 is 4.52 Å². The molecule has 3 aromatic rings. The number of nitrogens with one attached hydrogen (secondary N) is 1. The fourth-order valence-corrected chi connectivity index (χ4v) is 3.74. The zero-order valence-electron chi connectivity index (χ0n) is 12.3. The summed E-state index contributed by atoms with van der Waals surface area (Å²) >= 11 is 7.71. The molecule has 0 radical (unpaired) electrons. The van der Waals surface area contributed by atoms with Crippen molar-refractivity contribution in [2.24, 2.45) is 5.73 Å². The summed E-state index contributed by atoms with van der Waals surface area (Å²) in [5.41, 5.74) is 7.91. The summed E-state index contributed by atoms with van der Waals surface area (Å²) in [5.74, 6) is 1.43. The number of fused-ring (bicyclic) bond motifs is 1. The van der Waals surface area contributed by atoms with Crippen molar-refractivity contribution in [1.29, 1.82) is 0 Å². The van der Waals surface area contributed by atoms with Crippen LogP contribution in [0.4, 0.5) is 5.82 Å². The van der Waals surface area contributed by atoms with Crippen molar-refractivity contribution in [2.45, 2.75) is 32.9 Å². The lowest BCUT2D eigenvalue weighted by Crippen LogP contribution is -2.17. The van der Waals surface area contributed by atoms with E-state index >= 15 is 0 Å². The molecule has 0 saturated heterocycles. The van der Waals surface area contributed by atoms with E-state index in [2.05, 4.69) is 20.4 Å². The first-order valence-corrected chi connectivity index (χ1v) is 8.08. The van der Waals surface area contributed by atoms with E-state index in [0.717, 1.165) is 28.0 Å². The highest BCUT2D eigenvalue weighted by Gasteiger charge is 2.16. The average Bonchev–Trinajstić information content (AvgIpc) is 3.07. The quantitative estimate of drug-likeness (QED) is 0.695. The summed E-state index contributed by atoms with van der Waals surface area (Å²) in [4.78, 5) is 9.86. The zero-order valence-corrected chi connectivity index (χ0v) is 13.8. The second-order valence-corrected chi connectivity index (χ2v) is 6.63. The molecule has 3 N–H and O–H groups in total. The predicted octanol–water partition coefficient (Wildman–Crippen LogP) is 3.14. The number of nitrogens with two attached hydrogens (primary N) is 1. The normalized spacial score (nSPS) is 12.7. The lowest BCUT2D eigenvalue weighted by Gasteiger charge is -2.04. The Morgan fingerprint density at radius 1 is 1.45 bits per heavy atom. The van der Waals surface area contributed by atoms with Crippen LogP contribution in [-0.4, -0.2) is 21.2 Å². The molecule has 0 saturated carbocycles. The molecule has 3 rings (SSSR count). The Morgan fingerprint density at radius 2 is 2.27 bits per heavy atom. The van der Waals surface area contributed by atoms with E-state index in [0.29, 0.717) is 12.4 Å². The molecule has 0 spiro atoms. The van der Waals surface area contributed by atoms with Gasteiger partial charge in [0, 0.05) is 17.0 Å². The molecule has 0 aliphatic carbocycles. The number of aryl methyl sites for hydroxylation is 1. The second kappa shape index (κ2) is 6.20. The molecule has 0 aromatic carbocycles. The molecular weight excluding hydrogens is 322 g/mol. The number of halogens is 1. The van der Waals surface area contributed by atoms with Crippen LogP contribution in [0.3, 0.4) is 0 Å². The number of thiophene rings is 1. The Labute approximate surface area is 136 Å². The number of rotatable bonds is 5. The monoisotopic (exact) mass is 337 g/mol. The molecule has 0 bridgehead atoms. The van der Waals surface area contributed by atoms with Gasteiger partial charge in [0.1, 0.15) is 5.82 Å². The van der Waals surface area contributed by atoms with Crippen LogP contribution in [0.15, 0.2) is 16.8 Å². The minimum absolute atomic E-state index is 0.0980. The van der Waals surface area contributed by atoms with Crippen molar-refractivity contribution in [1.82, 2.24) is 15.1 Å². The van der Waals surface area contributed by atoms with Gasteiger partial charge in [-0.25, -0.2) is 4.98 Å². The fourth-order valence-electron chi connectivity index (χ4n) is 2.22. The van der Waals surface area contributed by atoms with Crippen molar-refractivity contribution in [3.8, 4) is 0 Å². The van der Waals surface area contributed by atoms with E-state index < -0.39 is 0 Å². The van der Waals surface area contributed by atoms with Gasteiger partial charge in [0.15, 0.2) is 5.76 Å². The minimum atomic E-state index is 0.0980. The van der Waals surface area contributed by atoms with Crippen molar-refractivity contribution >= 4 is 39.0 Å². The van der Waals surface area contributed by atoms with Crippen LogP contribution in [0.1, 0.15) is 23.1 Å². The number of hydrogen-bond donors (Lipinski definition) is 2. The van der Waals surface area contributed by atoms with Gasteiger partial charge in [-0.05, 0) is 37.4 Å². The molecule has 0 fully saturated rings. The molecule has 3 heterocycles. The lowest BCUT2D eigenvalue weighted by molar-refractivity contribution is 0.388. The fraction of sp³-hybridized carbons (Fsp3) is 0.357. The summed E-state index contributed by atoms with van der Waals surface area (Å²) in [6.07, 6.45) is 2.42. The number of anilines is 1. The smallest absolute Gasteiger partial charge is 0.224 e. The Hall–Kier alpha value is -1.70. The third-order valence-electron chi connectivity index (χ3n) is 3.27. The Morgan fingerprint density at radius 3 is 2.95 bits per heavy atom. The van der Waals surface area contributed by atoms with E-state index in [1.165, 1.54) is 4.88 Å². The van der Waals surface area contributed by atoms with Gasteiger partial charge < -0.3 is 15.6 Å². The van der Waals surface area contributed by atoms with Crippen LogP contribution in [-0.2, 0) is 13.0 Å². The maximum atomic E-state index is 6.05. The summed E-state index contributed by atoms with van der Waals surface area (Å²) in [5, 5.41) is 7.14. The second-order valence-electron chi connectivity index (χ2n) is 5.18. The molecule has 6 nitrogen and oxygen atoms in total. The Kier molecular flexibility index (Phi) is 4.28. The molecular formula is C14H16ClN5OS. The molecule has 0 aliphatic rings. The molecule has 0 aliphatic heterocycles. The maximum absolute atomic E-state index is 6.05. The van der Waals surface area contributed by atoms with E-state index in [-0.39, 0.29) is 11.3 Å². The van der Waals surface area contributed by atoms with Crippen LogP contribution < -0.4 is 11.1 Å². The standard InChI is InChI=1S/C14H16ClN5OS/c1-7(16)5-10-8(2)11-12(22-10)13(20-14(15)19-11)17-6-9-3-4-18-21-9/h3-4,7H,5-6,16H2,1-2H3,(H,17,19,20). The third kappa shape index (κ3) is 3.06. The Bertz CT molecular complexity index is 784. The highest BCUT2D eigenvalue weighted by Crippen LogP contribution is 2.35. The molecule has 8 heteroatoms. The molecule has 116 valence electrons. The van der Waals surface area contributed by atoms with Gasteiger partial charge in [0.2, 0.25) is 5.28 Å². The highest BCUT2D eigenvalue weighted by molar-refractivity contribution is 7.19. The SMILES string of the molecule is Cc1c(CC(C)N)sc2c(NCc3ccno3)nc(Cl)nc12. The van der Waals surface area contributed by atoms with E-state index in [1.807, 2.05) is 13.8 Å². The first kappa shape index (κ1) is 15.2. The molecule has 3 aromatic heterocycles. The highest BCUT2D eigenvalue weighted by atomic mass is 35.5. The lowest BCUT2D eigenvalue weighted by atomic mass is 10.1. The van der Waals surface area contributed by atoms with Gasteiger partial charge in [0.05, 0.1) is 23.0 Å². The Balaban J connectivity index is 1.98. The number of hydrogen-bond acceptors (Lipinski definition) is 7. The summed E-state index contributed by atoms with van der Waals surface area (Å²) in [6.45, 7) is 4.52. The van der Waals surface area contributed by atoms with Gasteiger partial charge in [-0.15, -0.1) is 11.3 Å². The first-order chi connectivity index (χ1) is 10.5. The predicted molar refractivity (Wildman–Crippen MR) is 88.3 cm³/mol. The van der Waals surface area contributed by atoms with E-state index in [9.17, 15) is 0 Å². The zero-order chi connectivity index (χ0) is 15.7. The van der Waals surface area contributed by atoms with E-state index in [4.69, 9.17) is 21.9 Å². The number of aromatic nitrogens is 3. The van der Waals surface area contributed by atoms with Crippen LogP contribution in [0.5, 0.6) is 0 Å². The molecule has 1 unspecified atom stereocenters. The van der Waals surface area contributed by atoms with E-state index in [1.54, 1.807) is 23.6 Å². The number of nitrogens with zero attached hydrogens (tertiary/aromatic N) is 3. The maximum Gasteiger partial charge on any atom is 0.224 e. The minimum Gasteiger partial charge on any atom is -0.361 e. The molecule has 0 amide bonds. The van der Waals surface area contributed by atoms with Crippen LogP contribution in [0.2, 0.25) is 5.28 Å². The average molecular weight is 338 g/mol. The van der Waals surface area contributed by atoms with Gasteiger partial charge in [0.25, 0.3) is 0 Å². The van der Waals surface area contributed by atoms with Crippen molar-refractivity contribution in [3.63, 3.8) is 0 Å². The van der Waals surface area contributed by atoms with Crippen LogP contribution >= 0.6 is 22.9 Å². The molecule has 22 heavy (non-hydrogen) atoms. The third-order valence-corrected chi connectivity index (χ3v) is 4.74. The van der Waals surface area contributed by atoms with Gasteiger partial charge in [-0.1, -0.05) is 5.16 Å². The summed E-state index contributed by atoms with van der Waals surface area (Å²) in [6, 6.07) is 1.90. The van der Waals surface area contributed by atoms with Gasteiger partial charge in [-0.3, -0.25) is 0 Å². The van der Waals surface area contributed by atoms with Gasteiger partial charge >= 0.3 is 0 Å². The molecule has 1 atom stereocenters. The van der Waals surface area contributed by atoms with Crippen LogP contribution in [0.25, 0.3) is 10.2 Å². The summed E-state index contributed by atoms with van der Waals surface area (Å²) < 4.78 is 6.06. The van der Waals surface area contributed by atoms with Crippen LogP contribution in [0, 0.1) is 6.92 Å².